The lowest BCUT2D eigenvalue weighted by atomic mass is 10.2. The van der Waals surface area contributed by atoms with Crippen LogP contribution in [0.3, 0.4) is 0 Å². The van der Waals surface area contributed by atoms with E-state index in [4.69, 9.17) is 42.1 Å². The number of carbonyl (C=O) groups excluding carboxylic acids is 2. The summed E-state index contributed by atoms with van der Waals surface area (Å²) in [6, 6.07) is 16.3. The van der Waals surface area contributed by atoms with Gasteiger partial charge in [0.25, 0.3) is 5.91 Å². The van der Waals surface area contributed by atoms with Gasteiger partial charge in [-0.15, -0.1) is 0 Å². The Balaban J connectivity index is 1.60. The molecule has 0 bridgehead atoms. The minimum Gasteiger partial charge on any atom is -0.497 e. The van der Waals surface area contributed by atoms with Crippen molar-refractivity contribution in [2.24, 2.45) is 5.10 Å². The number of hydrogen-bond donors (Lipinski definition) is 1. The van der Waals surface area contributed by atoms with E-state index in [1.54, 1.807) is 67.8 Å². The monoisotopic (exact) mass is 516 g/mol. The number of amides is 1. The van der Waals surface area contributed by atoms with E-state index in [-0.39, 0.29) is 17.4 Å². The molecule has 8 nitrogen and oxygen atoms in total. The molecule has 1 N–H and O–H groups in total. The van der Waals surface area contributed by atoms with Crippen LogP contribution in [0.1, 0.15) is 22.8 Å². The van der Waals surface area contributed by atoms with Crippen LogP contribution in [0.5, 0.6) is 23.0 Å². The Labute approximate surface area is 212 Å². The van der Waals surface area contributed by atoms with Crippen LogP contribution >= 0.6 is 23.2 Å². The van der Waals surface area contributed by atoms with Gasteiger partial charge in [-0.05, 0) is 67.1 Å². The molecule has 0 aliphatic heterocycles. The van der Waals surface area contributed by atoms with Crippen molar-refractivity contribution in [1.82, 2.24) is 5.43 Å². The van der Waals surface area contributed by atoms with Gasteiger partial charge in [-0.1, -0.05) is 29.3 Å². The van der Waals surface area contributed by atoms with Crippen molar-refractivity contribution in [3.63, 3.8) is 0 Å². The molecule has 0 fully saturated rings. The molecule has 0 aliphatic rings. The van der Waals surface area contributed by atoms with Crippen molar-refractivity contribution in [1.29, 1.82) is 0 Å². The Morgan fingerprint density at radius 1 is 0.971 bits per heavy atom. The maximum absolute atomic E-state index is 12.5. The second kappa shape index (κ2) is 12.6. The van der Waals surface area contributed by atoms with E-state index >= 15 is 0 Å². The molecule has 3 rings (SSSR count). The van der Waals surface area contributed by atoms with Crippen LogP contribution < -0.4 is 24.4 Å². The molecule has 1 amide bonds. The van der Waals surface area contributed by atoms with E-state index < -0.39 is 11.9 Å². The van der Waals surface area contributed by atoms with Crippen LogP contribution in [-0.2, 0) is 4.79 Å². The van der Waals surface area contributed by atoms with Gasteiger partial charge in [0.1, 0.15) is 16.5 Å². The third kappa shape index (κ3) is 7.37. The summed E-state index contributed by atoms with van der Waals surface area (Å²) in [4.78, 5) is 24.5. The van der Waals surface area contributed by atoms with Gasteiger partial charge in [0, 0.05) is 0 Å². The molecule has 0 unspecified atom stereocenters. The number of benzene rings is 3. The zero-order valence-electron chi connectivity index (χ0n) is 18.9. The van der Waals surface area contributed by atoms with E-state index in [0.29, 0.717) is 40.0 Å². The molecule has 0 saturated heterocycles. The van der Waals surface area contributed by atoms with Crippen molar-refractivity contribution in [3.8, 4) is 23.0 Å². The van der Waals surface area contributed by atoms with Crippen molar-refractivity contribution >= 4 is 41.3 Å². The number of ether oxygens (including phenoxy) is 4. The van der Waals surface area contributed by atoms with Crippen molar-refractivity contribution in [2.45, 2.75) is 6.92 Å². The Morgan fingerprint density at radius 2 is 1.74 bits per heavy atom. The second-order valence-electron chi connectivity index (χ2n) is 6.89. The lowest BCUT2D eigenvalue weighted by Crippen LogP contribution is -2.24. The van der Waals surface area contributed by atoms with E-state index in [2.05, 4.69) is 10.5 Å². The molecule has 35 heavy (non-hydrogen) atoms. The van der Waals surface area contributed by atoms with Gasteiger partial charge in [0.05, 0.1) is 30.5 Å². The third-order valence-electron chi connectivity index (χ3n) is 4.47. The molecule has 182 valence electrons. The number of methoxy groups -OCH3 is 1. The second-order valence-corrected chi connectivity index (χ2v) is 7.68. The maximum atomic E-state index is 12.5. The molecule has 0 aliphatic carbocycles. The molecule has 10 heteroatoms. The fraction of sp³-hybridized carbons (Fsp3) is 0.160. The van der Waals surface area contributed by atoms with Crippen LogP contribution in [-0.4, -0.2) is 38.4 Å². The first-order valence-electron chi connectivity index (χ1n) is 10.4. The highest BCUT2D eigenvalue weighted by Gasteiger charge is 2.14. The fourth-order valence-corrected chi connectivity index (χ4v) is 3.14. The Kier molecular flexibility index (Phi) is 9.34. The van der Waals surface area contributed by atoms with Gasteiger partial charge in [-0.2, -0.15) is 5.10 Å². The number of halogens is 2. The topological polar surface area (TPSA) is 95.5 Å². The van der Waals surface area contributed by atoms with E-state index in [9.17, 15) is 9.59 Å². The standard InChI is InChI=1S/C25H22Cl2N2O6/c1-3-33-22-13-16(7-12-20(22)35-25(31)17-8-10-18(32-2)11-9-17)14-28-29-23(30)15-34-21-6-4-5-19(26)24(21)27/h4-14H,3,15H2,1-2H3,(H,29,30). The van der Waals surface area contributed by atoms with Crippen LogP contribution in [0.15, 0.2) is 65.8 Å². The molecule has 0 saturated carbocycles. The van der Waals surface area contributed by atoms with Gasteiger partial charge in [0.2, 0.25) is 0 Å². The third-order valence-corrected chi connectivity index (χ3v) is 5.28. The zero-order chi connectivity index (χ0) is 25.2. The first kappa shape index (κ1) is 25.9. The summed E-state index contributed by atoms with van der Waals surface area (Å²) in [6.07, 6.45) is 1.42. The fourth-order valence-electron chi connectivity index (χ4n) is 2.79. The smallest absolute Gasteiger partial charge is 0.343 e. The lowest BCUT2D eigenvalue weighted by Gasteiger charge is -2.11. The van der Waals surface area contributed by atoms with E-state index in [0.717, 1.165) is 0 Å². The average Bonchev–Trinajstić information content (AvgIpc) is 2.86. The summed E-state index contributed by atoms with van der Waals surface area (Å²) in [5.74, 6) is 0.491. The Morgan fingerprint density at radius 3 is 2.46 bits per heavy atom. The number of nitrogens with one attached hydrogen (secondary N) is 1. The quantitative estimate of drug-likeness (QED) is 0.173. The molecular formula is C25H22Cl2N2O6. The Hall–Kier alpha value is -3.75. The van der Waals surface area contributed by atoms with Gasteiger partial charge < -0.3 is 18.9 Å². The average molecular weight is 517 g/mol. The highest BCUT2D eigenvalue weighted by molar-refractivity contribution is 6.42. The molecule has 0 spiro atoms. The highest BCUT2D eigenvalue weighted by Crippen LogP contribution is 2.31. The molecule has 0 heterocycles. The van der Waals surface area contributed by atoms with Crippen molar-refractivity contribution < 1.29 is 28.5 Å². The van der Waals surface area contributed by atoms with E-state index in [1.807, 2.05) is 6.92 Å². The van der Waals surface area contributed by atoms with Gasteiger partial charge >= 0.3 is 5.97 Å². The van der Waals surface area contributed by atoms with Crippen molar-refractivity contribution in [2.75, 3.05) is 20.3 Å². The Bertz CT molecular complexity index is 1220. The molecule has 0 aromatic heterocycles. The minimum atomic E-state index is -0.540. The normalized spacial score (nSPS) is 10.6. The number of carbonyl (C=O) groups is 2. The molecule has 0 atom stereocenters. The predicted octanol–water partition coefficient (Wildman–Crippen LogP) is 5.15. The summed E-state index contributed by atoms with van der Waals surface area (Å²) >= 11 is 11.9. The van der Waals surface area contributed by atoms with Crippen LogP contribution in [0, 0.1) is 0 Å². The summed E-state index contributed by atoms with van der Waals surface area (Å²) in [7, 11) is 1.54. The number of hydrogen-bond acceptors (Lipinski definition) is 7. The molecule has 3 aromatic rings. The zero-order valence-corrected chi connectivity index (χ0v) is 20.4. The van der Waals surface area contributed by atoms with Gasteiger partial charge in [-0.25, -0.2) is 10.2 Å². The molecular weight excluding hydrogens is 495 g/mol. The van der Waals surface area contributed by atoms with Gasteiger partial charge in [0.15, 0.2) is 18.1 Å². The van der Waals surface area contributed by atoms with Crippen LogP contribution in [0.25, 0.3) is 0 Å². The molecule has 0 radical (unpaired) electrons. The number of hydrazone groups is 1. The lowest BCUT2D eigenvalue weighted by molar-refractivity contribution is -0.123. The summed E-state index contributed by atoms with van der Waals surface area (Å²) < 4.78 is 21.5. The SMILES string of the molecule is CCOc1cc(C=NNC(=O)COc2cccc(Cl)c2Cl)ccc1OC(=O)c1ccc(OC)cc1. The minimum absolute atomic E-state index is 0.224. The number of esters is 1. The number of rotatable bonds is 10. The van der Waals surface area contributed by atoms with Crippen LogP contribution in [0.2, 0.25) is 10.0 Å². The van der Waals surface area contributed by atoms with Gasteiger partial charge in [-0.3, -0.25) is 4.79 Å². The molecule has 3 aromatic carbocycles. The number of nitrogens with zero attached hydrogens (tertiary/aromatic N) is 1. The van der Waals surface area contributed by atoms with E-state index in [1.165, 1.54) is 6.21 Å². The summed E-state index contributed by atoms with van der Waals surface area (Å²) in [6.45, 7) is 1.86. The highest BCUT2D eigenvalue weighted by atomic mass is 35.5. The predicted molar refractivity (Wildman–Crippen MR) is 133 cm³/mol. The van der Waals surface area contributed by atoms with Crippen molar-refractivity contribution in [3.05, 3.63) is 81.8 Å². The largest absolute Gasteiger partial charge is 0.497 e. The first-order chi connectivity index (χ1) is 16.9. The summed E-state index contributed by atoms with van der Waals surface area (Å²) in [5.41, 5.74) is 3.33. The van der Waals surface area contributed by atoms with Crippen LogP contribution in [0.4, 0.5) is 0 Å². The maximum Gasteiger partial charge on any atom is 0.343 e. The summed E-state index contributed by atoms with van der Waals surface area (Å²) in [5, 5.41) is 4.46. The first-order valence-corrected chi connectivity index (χ1v) is 11.2.